The van der Waals surface area contributed by atoms with Crippen LogP contribution in [0.25, 0.3) is 5.65 Å². The van der Waals surface area contributed by atoms with Gasteiger partial charge in [0.15, 0.2) is 17.2 Å². The van der Waals surface area contributed by atoms with E-state index in [9.17, 15) is 18.4 Å². The van der Waals surface area contributed by atoms with Crippen molar-refractivity contribution < 1.29 is 23.1 Å². The van der Waals surface area contributed by atoms with Crippen molar-refractivity contribution in [2.24, 2.45) is 5.73 Å². The van der Waals surface area contributed by atoms with Crippen molar-refractivity contribution >= 4 is 23.4 Å². The number of hydrogen-bond donors (Lipinski definition) is 2. The van der Waals surface area contributed by atoms with Gasteiger partial charge in [-0.25, -0.2) is 18.3 Å². The van der Waals surface area contributed by atoms with Crippen molar-refractivity contribution in [2.75, 3.05) is 5.32 Å². The van der Waals surface area contributed by atoms with Gasteiger partial charge in [-0.2, -0.15) is 4.98 Å². The lowest BCUT2D eigenvalue weighted by Crippen LogP contribution is -2.15. The van der Waals surface area contributed by atoms with Crippen LogP contribution in [0.4, 0.5) is 14.7 Å². The number of amides is 2. The fourth-order valence-corrected chi connectivity index (χ4v) is 2.76. The Morgan fingerprint density at radius 1 is 1.16 bits per heavy atom. The molecule has 0 atom stereocenters. The van der Waals surface area contributed by atoms with Gasteiger partial charge in [0.2, 0.25) is 17.7 Å². The lowest BCUT2D eigenvalue weighted by atomic mass is 10.1. The molecule has 3 N–H and O–H groups in total. The molecule has 11 heteroatoms. The van der Waals surface area contributed by atoms with E-state index in [-0.39, 0.29) is 35.2 Å². The van der Waals surface area contributed by atoms with Gasteiger partial charge >= 0.3 is 0 Å². The summed E-state index contributed by atoms with van der Waals surface area (Å²) in [6.45, 7) is 0. The molecule has 0 aliphatic carbocycles. The summed E-state index contributed by atoms with van der Waals surface area (Å²) in [6, 6.07) is 9.19. The maximum Gasteiger partial charge on any atom is 0.254 e. The van der Waals surface area contributed by atoms with Crippen molar-refractivity contribution in [3.8, 4) is 11.6 Å². The second kappa shape index (κ2) is 8.14. The van der Waals surface area contributed by atoms with Crippen LogP contribution in [0.15, 0.2) is 54.9 Å². The number of hydrogen-bond acceptors (Lipinski definition) is 6. The number of carbonyl (C=O) groups excluding carboxylic acids is 2. The number of ether oxygens (including phenoxy) is 1. The number of rotatable bonds is 6. The molecule has 0 aliphatic rings. The van der Waals surface area contributed by atoms with Gasteiger partial charge in [0.05, 0.1) is 6.42 Å². The van der Waals surface area contributed by atoms with Crippen LogP contribution in [-0.2, 0) is 11.2 Å². The van der Waals surface area contributed by atoms with Crippen LogP contribution in [0.1, 0.15) is 15.9 Å². The molecule has 0 saturated heterocycles. The standard InChI is InChI=1S/C20H14F2N6O3/c21-12-5-7-28-16(10-12)25-20(27-28)26-17(29)9-11-3-4-15(14(22)8-11)31-19-13(18(23)30)2-1-6-24-19/h1-8,10H,9H2,(H2,23,30)(H,26,27,29). The molecule has 3 aromatic heterocycles. The second-order valence-electron chi connectivity index (χ2n) is 6.40. The maximum absolute atomic E-state index is 14.5. The number of halogens is 2. The van der Waals surface area contributed by atoms with E-state index in [0.29, 0.717) is 5.56 Å². The maximum atomic E-state index is 14.5. The molecule has 0 bridgehead atoms. The van der Waals surface area contributed by atoms with Crippen LogP contribution < -0.4 is 15.8 Å². The molecule has 2 amide bonds. The Kier molecular flexibility index (Phi) is 5.22. The normalized spacial score (nSPS) is 10.8. The molecule has 1 aromatic carbocycles. The van der Waals surface area contributed by atoms with Crippen molar-refractivity contribution in [3.05, 3.63) is 77.6 Å². The second-order valence-corrected chi connectivity index (χ2v) is 6.40. The largest absolute Gasteiger partial charge is 0.435 e. The Hall–Kier alpha value is -4.41. The first-order chi connectivity index (χ1) is 14.9. The monoisotopic (exact) mass is 424 g/mol. The number of carbonyl (C=O) groups is 2. The molecule has 0 spiro atoms. The molecular weight excluding hydrogens is 410 g/mol. The molecule has 0 aliphatic heterocycles. The quantitative estimate of drug-likeness (QED) is 0.490. The van der Waals surface area contributed by atoms with Crippen LogP contribution >= 0.6 is 0 Å². The van der Waals surface area contributed by atoms with Crippen molar-refractivity contribution in [3.63, 3.8) is 0 Å². The van der Waals surface area contributed by atoms with Gasteiger partial charge in [-0.15, -0.1) is 5.10 Å². The molecule has 4 rings (SSSR count). The summed E-state index contributed by atoms with van der Waals surface area (Å²) in [5, 5.41) is 6.48. The van der Waals surface area contributed by atoms with Gasteiger partial charge in [0.25, 0.3) is 5.91 Å². The van der Waals surface area contributed by atoms with Gasteiger partial charge < -0.3 is 10.5 Å². The number of nitrogens with one attached hydrogen (secondary N) is 1. The zero-order chi connectivity index (χ0) is 22.0. The number of anilines is 1. The average molecular weight is 424 g/mol. The lowest BCUT2D eigenvalue weighted by Gasteiger charge is -2.09. The van der Waals surface area contributed by atoms with Crippen LogP contribution in [-0.4, -0.2) is 31.4 Å². The minimum Gasteiger partial charge on any atom is -0.435 e. The summed E-state index contributed by atoms with van der Waals surface area (Å²) in [5.74, 6) is -2.82. The average Bonchev–Trinajstić information content (AvgIpc) is 3.11. The molecule has 4 aromatic rings. The molecular formula is C20H14F2N6O3. The predicted octanol–water partition coefficient (Wildman–Crippen LogP) is 2.47. The number of aromatic nitrogens is 4. The minimum atomic E-state index is -0.764. The first-order valence-electron chi connectivity index (χ1n) is 8.92. The summed E-state index contributed by atoms with van der Waals surface area (Å²) in [4.78, 5) is 31.6. The Balaban J connectivity index is 1.45. The third kappa shape index (κ3) is 4.45. The van der Waals surface area contributed by atoms with Crippen LogP contribution in [0.3, 0.4) is 0 Å². The van der Waals surface area contributed by atoms with Crippen molar-refractivity contribution in [1.82, 2.24) is 19.6 Å². The van der Waals surface area contributed by atoms with Crippen molar-refractivity contribution in [1.29, 1.82) is 0 Å². The first-order valence-corrected chi connectivity index (χ1v) is 8.92. The van der Waals surface area contributed by atoms with E-state index in [1.807, 2.05) is 0 Å². The van der Waals surface area contributed by atoms with Gasteiger partial charge in [-0.05, 0) is 35.9 Å². The van der Waals surface area contributed by atoms with Crippen LogP contribution in [0.2, 0.25) is 0 Å². The zero-order valence-corrected chi connectivity index (χ0v) is 15.8. The number of pyridine rings is 2. The Morgan fingerprint density at radius 2 is 2.00 bits per heavy atom. The van der Waals surface area contributed by atoms with E-state index in [0.717, 1.165) is 6.07 Å². The number of nitrogens with two attached hydrogens (primary N) is 1. The molecule has 0 radical (unpaired) electrons. The fraction of sp³-hybridized carbons (Fsp3) is 0.0500. The summed E-state index contributed by atoms with van der Waals surface area (Å²) in [6.07, 6.45) is 2.57. The van der Waals surface area contributed by atoms with E-state index in [1.54, 1.807) is 0 Å². The van der Waals surface area contributed by atoms with Gasteiger partial charge in [-0.1, -0.05) is 6.07 Å². The highest BCUT2D eigenvalue weighted by Crippen LogP contribution is 2.26. The highest BCUT2D eigenvalue weighted by atomic mass is 19.1. The molecule has 0 saturated carbocycles. The minimum absolute atomic E-state index is 0.00481. The highest BCUT2D eigenvalue weighted by Gasteiger charge is 2.15. The Morgan fingerprint density at radius 3 is 2.77 bits per heavy atom. The lowest BCUT2D eigenvalue weighted by molar-refractivity contribution is -0.115. The fourth-order valence-electron chi connectivity index (χ4n) is 2.76. The zero-order valence-electron chi connectivity index (χ0n) is 15.8. The molecule has 3 heterocycles. The van der Waals surface area contributed by atoms with Gasteiger partial charge in [0.1, 0.15) is 11.4 Å². The van der Waals surface area contributed by atoms with E-state index in [1.165, 1.54) is 53.3 Å². The topological polar surface area (TPSA) is 124 Å². The smallest absolute Gasteiger partial charge is 0.254 e. The summed E-state index contributed by atoms with van der Waals surface area (Å²) in [7, 11) is 0. The van der Waals surface area contributed by atoms with Crippen LogP contribution in [0, 0.1) is 11.6 Å². The SMILES string of the molecule is NC(=O)c1cccnc1Oc1ccc(CC(=O)Nc2nc3cc(F)ccn3n2)cc1F. The van der Waals surface area contributed by atoms with E-state index < -0.39 is 23.4 Å². The summed E-state index contributed by atoms with van der Waals surface area (Å²) >= 11 is 0. The number of benzene rings is 1. The van der Waals surface area contributed by atoms with E-state index in [2.05, 4.69) is 20.4 Å². The number of fused-ring (bicyclic) bond motifs is 1. The highest BCUT2D eigenvalue weighted by molar-refractivity contribution is 5.95. The van der Waals surface area contributed by atoms with Crippen LogP contribution in [0.5, 0.6) is 11.6 Å². The van der Waals surface area contributed by atoms with Gasteiger partial charge in [0, 0.05) is 18.5 Å². The third-order valence-electron chi connectivity index (χ3n) is 4.16. The molecule has 156 valence electrons. The number of nitrogens with zero attached hydrogens (tertiary/aromatic N) is 4. The van der Waals surface area contributed by atoms with Crippen molar-refractivity contribution in [2.45, 2.75) is 6.42 Å². The van der Waals surface area contributed by atoms with E-state index >= 15 is 0 Å². The first kappa shape index (κ1) is 19.9. The molecule has 31 heavy (non-hydrogen) atoms. The van der Waals surface area contributed by atoms with E-state index in [4.69, 9.17) is 10.5 Å². The van der Waals surface area contributed by atoms with Gasteiger partial charge in [-0.3, -0.25) is 14.9 Å². The third-order valence-corrected chi connectivity index (χ3v) is 4.16. The Labute approximate surface area is 173 Å². The molecule has 0 fully saturated rings. The Bertz CT molecular complexity index is 1310. The number of primary amides is 1. The molecule has 9 nitrogen and oxygen atoms in total. The predicted molar refractivity (Wildman–Crippen MR) is 105 cm³/mol. The summed E-state index contributed by atoms with van der Waals surface area (Å²) < 4.78 is 34.4. The summed E-state index contributed by atoms with van der Waals surface area (Å²) in [5.41, 5.74) is 5.84. The molecule has 0 unspecified atom stereocenters.